The molecule has 0 bridgehead atoms. The summed E-state index contributed by atoms with van der Waals surface area (Å²) in [4.78, 5) is 1.74. The van der Waals surface area contributed by atoms with Crippen LogP contribution in [-0.2, 0) is 4.74 Å². The van der Waals surface area contributed by atoms with Crippen molar-refractivity contribution >= 4 is 0 Å². The fraction of sp³-hybridized carbons (Fsp3) is 1.00. The first kappa shape index (κ1) is 10.9. The fourth-order valence-corrected chi connectivity index (χ4v) is 1.74. The lowest BCUT2D eigenvalue weighted by Gasteiger charge is -2.33. The molecule has 0 radical (unpaired) electrons. The maximum Gasteiger partial charge on any atom is 0.251 e. The largest absolute Gasteiger partial charge is 0.378 e. The van der Waals surface area contributed by atoms with Gasteiger partial charge in [0, 0.05) is 12.6 Å². The van der Waals surface area contributed by atoms with Crippen LogP contribution in [0.1, 0.15) is 19.8 Å². The summed E-state index contributed by atoms with van der Waals surface area (Å²) in [5, 5.41) is 0. The second-order valence-corrected chi connectivity index (χ2v) is 3.69. The molecule has 2 unspecified atom stereocenters. The molecule has 1 aliphatic heterocycles. The Balaban J connectivity index is 2.32. The molecule has 1 aliphatic rings. The number of hydrogen-bond donors (Lipinski definition) is 0. The smallest absolute Gasteiger partial charge is 0.251 e. The zero-order valence-electron chi connectivity index (χ0n) is 8.17. The monoisotopic (exact) mass is 193 g/mol. The van der Waals surface area contributed by atoms with Gasteiger partial charge >= 0.3 is 0 Å². The molecule has 0 N–H and O–H groups in total. The molecule has 0 aromatic carbocycles. The van der Waals surface area contributed by atoms with Crippen LogP contribution in [0.15, 0.2) is 0 Å². The zero-order chi connectivity index (χ0) is 9.84. The van der Waals surface area contributed by atoms with Crippen molar-refractivity contribution in [3.05, 3.63) is 0 Å². The molecule has 1 rings (SSSR count). The molecule has 0 saturated carbocycles. The molecular formula is C9H17F2NO. The first-order valence-electron chi connectivity index (χ1n) is 4.69. The van der Waals surface area contributed by atoms with Crippen molar-refractivity contribution in [3.8, 4) is 0 Å². The van der Waals surface area contributed by atoms with Crippen LogP contribution in [0, 0.1) is 0 Å². The van der Waals surface area contributed by atoms with Crippen molar-refractivity contribution in [1.29, 1.82) is 0 Å². The van der Waals surface area contributed by atoms with E-state index >= 15 is 0 Å². The number of ether oxygens (including phenoxy) is 1. The Labute approximate surface area is 77.9 Å². The molecular weight excluding hydrogens is 176 g/mol. The molecule has 1 saturated heterocycles. The normalized spacial score (nSPS) is 30.0. The lowest BCUT2D eigenvalue weighted by atomic mass is 10.0. The van der Waals surface area contributed by atoms with Crippen LogP contribution in [0.5, 0.6) is 0 Å². The van der Waals surface area contributed by atoms with Crippen LogP contribution in [0.2, 0.25) is 0 Å². The van der Waals surface area contributed by atoms with E-state index in [1.807, 2.05) is 6.92 Å². The molecule has 1 heterocycles. The minimum atomic E-state index is -2.23. The van der Waals surface area contributed by atoms with Crippen molar-refractivity contribution in [2.75, 3.05) is 20.2 Å². The second kappa shape index (κ2) is 4.86. The molecule has 0 amide bonds. The molecule has 0 aromatic rings. The molecule has 2 nitrogen and oxygen atoms in total. The van der Waals surface area contributed by atoms with Crippen LogP contribution in [0.3, 0.4) is 0 Å². The quantitative estimate of drug-likeness (QED) is 0.677. The average molecular weight is 193 g/mol. The summed E-state index contributed by atoms with van der Waals surface area (Å²) in [6.07, 6.45) is -0.293. The Morgan fingerprint density at radius 3 is 2.77 bits per heavy atom. The van der Waals surface area contributed by atoms with E-state index in [0.717, 1.165) is 12.8 Å². The lowest BCUT2D eigenvalue weighted by molar-refractivity contribution is -0.0232. The minimum Gasteiger partial charge on any atom is -0.378 e. The number of halogens is 2. The van der Waals surface area contributed by atoms with E-state index in [4.69, 9.17) is 4.74 Å². The van der Waals surface area contributed by atoms with Crippen LogP contribution < -0.4 is 0 Å². The Morgan fingerprint density at radius 1 is 1.54 bits per heavy atom. The summed E-state index contributed by atoms with van der Waals surface area (Å²) in [7, 11) is 1.76. The van der Waals surface area contributed by atoms with Crippen molar-refractivity contribution in [2.24, 2.45) is 0 Å². The summed E-state index contributed by atoms with van der Waals surface area (Å²) in [5.74, 6) is 0. The van der Waals surface area contributed by atoms with Crippen LogP contribution >= 0.6 is 0 Å². The van der Waals surface area contributed by atoms with E-state index < -0.39 is 6.43 Å². The van der Waals surface area contributed by atoms with Crippen LogP contribution in [0.4, 0.5) is 8.78 Å². The van der Waals surface area contributed by atoms with Gasteiger partial charge in [-0.05, 0) is 26.8 Å². The number of rotatable bonds is 3. The Bertz CT molecular complexity index is 155. The highest BCUT2D eigenvalue weighted by atomic mass is 19.3. The number of hydrogen-bond acceptors (Lipinski definition) is 2. The lowest BCUT2D eigenvalue weighted by Crippen LogP contribution is -2.41. The predicted molar refractivity (Wildman–Crippen MR) is 47.1 cm³/mol. The van der Waals surface area contributed by atoms with E-state index in [1.54, 1.807) is 11.9 Å². The zero-order valence-corrected chi connectivity index (χ0v) is 8.17. The first-order valence-corrected chi connectivity index (χ1v) is 4.69. The van der Waals surface area contributed by atoms with Gasteiger partial charge < -0.3 is 4.74 Å². The van der Waals surface area contributed by atoms with Crippen molar-refractivity contribution in [1.82, 2.24) is 4.90 Å². The third-order valence-corrected chi connectivity index (χ3v) is 2.51. The highest BCUT2D eigenvalue weighted by Crippen LogP contribution is 2.18. The third kappa shape index (κ3) is 3.56. The standard InChI is InChI=1S/C9H17F2NO/c1-7-5-8(3-4-13-7)12(2)6-9(10)11/h7-9H,3-6H2,1-2H3. The Morgan fingerprint density at radius 2 is 2.23 bits per heavy atom. The molecule has 13 heavy (non-hydrogen) atoms. The van der Waals surface area contributed by atoms with Gasteiger partial charge in [-0.3, -0.25) is 4.90 Å². The molecule has 1 fully saturated rings. The van der Waals surface area contributed by atoms with Crippen LogP contribution in [0.25, 0.3) is 0 Å². The van der Waals surface area contributed by atoms with E-state index in [-0.39, 0.29) is 18.7 Å². The maximum absolute atomic E-state index is 12.1. The fourth-order valence-electron chi connectivity index (χ4n) is 1.74. The van der Waals surface area contributed by atoms with E-state index in [9.17, 15) is 8.78 Å². The predicted octanol–water partition coefficient (Wildman–Crippen LogP) is 1.75. The second-order valence-electron chi connectivity index (χ2n) is 3.69. The highest BCUT2D eigenvalue weighted by Gasteiger charge is 2.24. The van der Waals surface area contributed by atoms with Gasteiger partial charge in [-0.2, -0.15) is 0 Å². The average Bonchev–Trinajstić information content (AvgIpc) is 2.03. The van der Waals surface area contributed by atoms with Crippen molar-refractivity contribution in [2.45, 2.75) is 38.3 Å². The van der Waals surface area contributed by atoms with Gasteiger partial charge in [0.05, 0.1) is 12.6 Å². The number of nitrogens with zero attached hydrogens (tertiary/aromatic N) is 1. The molecule has 4 heteroatoms. The topological polar surface area (TPSA) is 12.5 Å². The van der Waals surface area contributed by atoms with Gasteiger partial charge in [0.2, 0.25) is 0 Å². The maximum atomic E-state index is 12.1. The third-order valence-electron chi connectivity index (χ3n) is 2.51. The van der Waals surface area contributed by atoms with Crippen molar-refractivity contribution < 1.29 is 13.5 Å². The van der Waals surface area contributed by atoms with Gasteiger partial charge in [-0.25, -0.2) is 8.78 Å². The molecule has 78 valence electrons. The molecule has 0 spiro atoms. The summed E-state index contributed by atoms with van der Waals surface area (Å²) in [5.41, 5.74) is 0. The Kier molecular flexibility index (Phi) is 4.06. The van der Waals surface area contributed by atoms with Gasteiger partial charge in [-0.1, -0.05) is 0 Å². The summed E-state index contributed by atoms with van der Waals surface area (Å²) in [6, 6.07) is 0.262. The van der Waals surface area contributed by atoms with Gasteiger partial charge in [0.25, 0.3) is 6.43 Å². The molecule has 2 atom stereocenters. The summed E-state index contributed by atoms with van der Waals surface area (Å²) < 4.78 is 29.5. The van der Waals surface area contributed by atoms with E-state index in [1.165, 1.54) is 0 Å². The molecule has 0 aliphatic carbocycles. The first-order chi connectivity index (χ1) is 6.09. The number of alkyl halides is 2. The van der Waals surface area contributed by atoms with Gasteiger partial charge in [0.15, 0.2) is 0 Å². The highest BCUT2D eigenvalue weighted by molar-refractivity contribution is 4.76. The van der Waals surface area contributed by atoms with Crippen LogP contribution in [-0.4, -0.2) is 43.7 Å². The SMILES string of the molecule is CC1CC(N(C)CC(F)F)CCO1. The van der Waals surface area contributed by atoms with E-state index in [2.05, 4.69) is 0 Å². The Hall–Kier alpha value is -0.220. The minimum absolute atomic E-state index is 0.128. The summed E-state index contributed by atoms with van der Waals surface area (Å²) >= 11 is 0. The molecule has 0 aromatic heterocycles. The van der Waals surface area contributed by atoms with E-state index in [0.29, 0.717) is 6.61 Å². The van der Waals surface area contributed by atoms with Gasteiger partial charge in [0.1, 0.15) is 0 Å². The summed E-state index contributed by atoms with van der Waals surface area (Å²) in [6.45, 7) is 2.55. The van der Waals surface area contributed by atoms with Crippen molar-refractivity contribution in [3.63, 3.8) is 0 Å². The van der Waals surface area contributed by atoms with Gasteiger partial charge in [-0.15, -0.1) is 0 Å².